The van der Waals surface area contributed by atoms with Crippen molar-refractivity contribution < 1.29 is 19.1 Å². The van der Waals surface area contributed by atoms with Crippen LogP contribution >= 0.6 is 0 Å². The van der Waals surface area contributed by atoms with E-state index in [0.717, 1.165) is 31.4 Å². The van der Waals surface area contributed by atoms with Crippen molar-refractivity contribution in [1.29, 1.82) is 0 Å². The summed E-state index contributed by atoms with van der Waals surface area (Å²) in [6.45, 7) is 12.5. The van der Waals surface area contributed by atoms with Crippen LogP contribution in [0.1, 0.15) is 103 Å². The molecule has 4 saturated carbocycles. The number of hydrogen-bond acceptors (Lipinski definition) is 5. The van der Waals surface area contributed by atoms with Gasteiger partial charge < -0.3 is 9.47 Å². The summed E-state index contributed by atoms with van der Waals surface area (Å²) in [5.41, 5.74) is 2.75. The van der Waals surface area contributed by atoms with Crippen LogP contribution in [-0.4, -0.2) is 29.1 Å². The quantitative estimate of drug-likeness (QED) is 0.439. The number of aromatic nitrogens is 1. The van der Waals surface area contributed by atoms with Gasteiger partial charge in [-0.05, 0) is 104 Å². The van der Waals surface area contributed by atoms with Crippen molar-refractivity contribution in [3.05, 3.63) is 29.6 Å². The Morgan fingerprint density at radius 2 is 1.67 bits per heavy atom. The lowest BCUT2D eigenvalue weighted by Crippen LogP contribution is -2.54. The molecule has 5 rings (SSSR count). The molecule has 0 bridgehead atoms. The number of pyridine rings is 1. The van der Waals surface area contributed by atoms with Gasteiger partial charge in [0.2, 0.25) is 0 Å². The number of nitrogens with zero attached hydrogens (tertiary/aromatic N) is 1. The van der Waals surface area contributed by atoms with E-state index in [2.05, 4.69) is 39.8 Å². The highest BCUT2D eigenvalue weighted by molar-refractivity contribution is 5.66. The van der Waals surface area contributed by atoms with Crippen LogP contribution in [0, 0.1) is 47.3 Å². The Morgan fingerprint density at radius 3 is 2.33 bits per heavy atom. The van der Waals surface area contributed by atoms with Gasteiger partial charge in [-0.15, -0.1) is 0 Å². The Morgan fingerprint density at radius 1 is 0.944 bits per heavy atom. The zero-order chi connectivity index (χ0) is 25.8. The molecule has 0 radical (unpaired) electrons. The van der Waals surface area contributed by atoms with Gasteiger partial charge in [0.1, 0.15) is 12.2 Å². The molecule has 1 aromatic heterocycles. The third kappa shape index (κ3) is 4.28. The van der Waals surface area contributed by atoms with Crippen LogP contribution in [0.2, 0.25) is 0 Å². The molecule has 4 fully saturated rings. The standard InChI is InChI=1S/C31H45NO4/c1-18-7-10-27(32-17-18)19(2)29-28(36-21(4)34)16-26-24-9-8-22-15-23(35-20(3)33)11-13-30(22,5)25(24)12-14-31(26,29)6/h7,10,17,19,22-26,28-29H,8-9,11-16H2,1-6H3. The van der Waals surface area contributed by atoms with Crippen LogP contribution in [0.5, 0.6) is 0 Å². The van der Waals surface area contributed by atoms with Crippen molar-refractivity contribution in [1.82, 2.24) is 4.98 Å². The van der Waals surface area contributed by atoms with Crippen LogP contribution in [-0.2, 0) is 19.1 Å². The molecule has 0 spiro atoms. The molecular weight excluding hydrogens is 450 g/mol. The number of carbonyl (C=O) groups is 2. The van der Waals surface area contributed by atoms with Gasteiger partial charge in [0.25, 0.3) is 0 Å². The molecule has 10 atom stereocenters. The van der Waals surface area contributed by atoms with Gasteiger partial charge in [-0.1, -0.05) is 26.8 Å². The number of rotatable bonds is 4. The number of ether oxygens (including phenoxy) is 2. The molecule has 4 aliphatic rings. The lowest BCUT2D eigenvalue weighted by Gasteiger charge is -2.61. The second-order valence-electron chi connectivity index (χ2n) is 13.2. The van der Waals surface area contributed by atoms with Crippen molar-refractivity contribution in [2.24, 2.45) is 40.4 Å². The first-order chi connectivity index (χ1) is 17.0. The molecule has 10 unspecified atom stereocenters. The Hall–Kier alpha value is -1.91. The predicted octanol–water partition coefficient (Wildman–Crippen LogP) is 6.63. The van der Waals surface area contributed by atoms with Crippen LogP contribution in [0.25, 0.3) is 0 Å². The van der Waals surface area contributed by atoms with Gasteiger partial charge in [0.15, 0.2) is 0 Å². The minimum atomic E-state index is -0.160. The highest BCUT2D eigenvalue weighted by Gasteiger charge is 2.64. The fraction of sp³-hybridized carbons (Fsp3) is 0.774. The van der Waals surface area contributed by atoms with E-state index in [1.807, 2.05) is 6.20 Å². The van der Waals surface area contributed by atoms with Gasteiger partial charge in [-0.3, -0.25) is 14.6 Å². The normalized spacial score (nSPS) is 42.4. The zero-order valence-electron chi connectivity index (χ0n) is 23.1. The molecule has 1 heterocycles. The maximum absolute atomic E-state index is 12.2. The molecule has 0 saturated heterocycles. The Labute approximate surface area is 217 Å². The van der Waals surface area contributed by atoms with Gasteiger partial charge in [0, 0.05) is 37.6 Å². The number of esters is 2. The number of aryl methyl sites for hydroxylation is 1. The fourth-order valence-electron chi connectivity index (χ4n) is 9.75. The average Bonchev–Trinajstić information content (AvgIpc) is 3.10. The zero-order valence-corrected chi connectivity index (χ0v) is 23.1. The third-order valence-corrected chi connectivity index (χ3v) is 11.3. The molecule has 1 aromatic rings. The largest absolute Gasteiger partial charge is 0.463 e. The molecule has 0 aliphatic heterocycles. The van der Waals surface area contributed by atoms with E-state index in [-0.39, 0.29) is 41.4 Å². The van der Waals surface area contributed by atoms with E-state index < -0.39 is 0 Å². The first-order valence-electron chi connectivity index (χ1n) is 14.3. The van der Waals surface area contributed by atoms with Gasteiger partial charge in [-0.2, -0.15) is 0 Å². The second-order valence-corrected chi connectivity index (χ2v) is 13.2. The number of hydrogen-bond donors (Lipinski definition) is 0. The summed E-state index contributed by atoms with van der Waals surface area (Å²) >= 11 is 0. The van der Waals surface area contributed by atoms with E-state index >= 15 is 0 Å². The summed E-state index contributed by atoms with van der Waals surface area (Å²) in [6.07, 6.45) is 11.1. The summed E-state index contributed by atoms with van der Waals surface area (Å²) < 4.78 is 11.7. The predicted molar refractivity (Wildman–Crippen MR) is 139 cm³/mol. The Bertz CT molecular complexity index is 991. The van der Waals surface area contributed by atoms with E-state index in [1.54, 1.807) is 6.92 Å². The van der Waals surface area contributed by atoms with Crippen LogP contribution in [0.15, 0.2) is 18.3 Å². The molecule has 36 heavy (non-hydrogen) atoms. The van der Waals surface area contributed by atoms with Crippen molar-refractivity contribution >= 4 is 11.9 Å². The first kappa shape index (κ1) is 25.7. The molecule has 0 amide bonds. The van der Waals surface area contributed by atoms with Crippen molar-refractivity contribution in [2.45, 2.75) is 111 Å². The van der Waals surface area contributed by atoms with Gasteiger partial charge in [0.05, 0.1) is 0 Å². The molecule has 0 N–H and O–H groups in total. The van der Waals surface area contributed by atoms with Crippen LogP contribution in [0.3, 0.4) is 0 Å². The van der Waals surface area contributed by atoms with E-state index in [9.17, 15) is 9.59 Å². The Balaban J connectivity index is 1.42. The van der Waals surface area contributed by atoms with E-state index in [4.69, 9.17) is 14.5 Å². The van der Waals surface area contributed by atoms with Crippen LogP contribution < -0.4 is 0 Å². The first-order valence-corrected chi connectivity index (χ1v) is 14.3. The summed E-state index contributed by atoms with van der Waals surface area (Å²) in [6, 6.07) is 4.32. The van der Waals surface area contributed by atoms with E-state index in [1.165, 1.54) is 38.2 Å². The summed E-state index contributed by atoms with van der Waals surface area (Å²) in [4.78, 5) is 28.6. The number of carbonyl (C=O) groups excluding carboxylic acids is 2. The SMILES string of the molecule is CC(=O)OC1CCC2(C)C(CCC3C2CCC2(C)C3CC(OC(C)=O)C2C(C)c2ccc(C)cn2)C1. The topological polar surface area (TPSA) is 65.5 Å². The smallest absolute Gasteiger partial charge is 0.302 e. The molecule has 5 nitrogen and oxygen atoms in total. The molecular formula is C31H45NO4. The molecule has 0 aromatic carbocycles. The molecule has 198 valence electrons. The minimum Gasteiger partial charge on any atom is -0.463 e. The summed E-state index contributed by atoms with van der Waals surface area (Å²) in [5, 5.41) is 0. The van der Waals surface area contributed by atoms with Crippen molar-refractivity contribution in [2.75, 3.05) is 0 Å². The summed E-state index contributed by atoms with van der Waals surface area (Å²) in [5.74, 6) is 2.82. The highest BCUT2D eigenvalue weighted by Crippen LogP contribution is 2.69. The summed E-state index contributed by atoms with van der Waals surface area (Å²) in [7, 11) is 0. The molecule has 5 heteroatoms. The highest BCUT2D eigenvalue weighted by atomic mass is 16.5. The third-order valence-electron chi connectivity index (χ3n) is 11.3. The van der Waals surface area contributed by atoms with E-state index in [0.29, 0.717) is 29.1 Å². The monoisotopic (exact) mass is 495 g/mol. The lowest BCUT2D eigenvalue weighted by atomic mass is 9.44. The fourth-order valence-corrected chi connectivity index (χ4v) is 9.75. The maximum Gasteiger partial charge on any atom is 0.302 e. The number of fused-ring (bicyclic) bond motifs is 5. The van der Waals surface area contributed by atoms with Crippen LogP contribution in [0.4, 0.5) is 0 Å². The average molecular weight is 496 g/mol. The van der Waals surface area contributed by atoms with Crippen molar-refractivity contribution in [3.63, 3.8) is 0 Å². The maximum atomic E-state index is 12.2. The molecule has 4 aliphatic carbocycles. The van der Waals surface area contributed by atoms with Gasteiger partial charge >= 0.3 is 11.9 Å². The lowest BCUT2D eigenvalue weighted by molar-refractivity contribution is -0.160. The Kier molecular flexibility index (Phi) is 6.74. The van der Waals surface area contributed by atoms with Crippen molar-refractivity contribution in [3.8, 4) is 0 Å². The second kappa shape index (κ2) is 9.44. The minimum absolute atomic E-state index is 0.0421. The van der Waals surface area contributed by atoms with Gasteiger partial charge in [-0.25, -0.2) is 0 Å².